The molecule has 0 amide bonds. The highest BCUT2D eigenvalue weighted by Gasteiger charge is 2.15. The van der Waals surface area contributed by atoms with Crippen LogP contribution < -0.4 is 19.9 Å². The molecule has 1 unspecified atom stereocenters. The van der Waals surface area contributed by atoms with Gasteiger partial charge in [0.15, 0.2) is 0 Å². The van der Waals surface area contributed by atoms with E-state index in [0.717, 1.165) is 34.8 Å². The largest absolute Gasteiger partial charge is 0.497 e. The molecule has 2 rings (SSSR count). The maximum Gasteiger partial charge on any atom is 0.122 e. The van der Waals surface area contributed by atoms with E-state index in [1.807, 2.05) is 31.2 Å². The van der Waals surface area contributed by atoms with Crippen LogP contribution in [-0.4, -0.2) is 27.4 Å². The Bertz CT molecular complexity index is 670. The van der Waals surface area contributed by atoms with Gasteiger partial charge in [-0.25, -0.2) is 0 Å². The van der Waals surface area contributed by atoms with Crippen LogP contribution in [0, 0.1) is 6.92 Å². The van der Waals surface area contributed by atoms with Crippen LogP contribution in [0.1, 0.15) is 29.5 Å². The third kappa shape index (κ3) is 4.20. The van der Waals surface area contributed by atoms with E-state index in [9.17, 15) is 0 Å². The standard InChI is InChI=1S/C20H27NO3/c1-5-24-19-8-6-15(10-14(19)2)17(13-21)11-16-12-18(22-3)7-9-20(16)23-4/h6-10,12,17H,5,11,13,21H2,1-4H3. The fourth-order valence-corrected chi connectivity index (χ4v) is 2.89. The summed E-state index contributed by atoms with van der Waals surface area (Å²) in [4.78, 5) is 0. The summed E-state index contributed by atoms with van der Waals surface area (Å²) in [5.41, 5.74) is 9.50. The van der Waals surface area contributed by atoms with Crippen molar-refractivity contribution in [3.05, 3.63) is 53.1 Å². The molecule has 0 saturated carbocycles. The molecule has 0 bridgehead atoms. The van der Waals surface area contributed by atoms with Gasteiger partial charge in [0, 0.05) is 5.92 Å². The lowest BCUT2D eigenvalue weighted by Gasteiger charge is -2.19. The molecule has 0 aromatic heterocycles. The normalized spacial score (nSPS) is 11.9. The zero-order valence-electron chi connectivity index (χ0n) is 15.0. The van der Waals surface area contributed by atoms with Crippen molar-refractivity contribution in [3.63, 3.8) is 0 Å². The highest BCUT2D eigenvalue weighted by atomic mass is 16.5. The first-order valence-corrected chi connectivity index (χ1v) is 8.27. The minimum Gasteiger partial charge on any atom is -0.497 e. The fourth-order valence-electron chi connectivity index (χ4n) is 2.89. The smallest absolute Gasteiger partial charge is 0.122 e. The number of nitrogens with two attached hydrogens (primary N) is 1. The molecule has 24 heavy (non-hydrogen) atoms. The summed E-state index contributed by atoms with van der Waals surface area (Å²) in [6, 6.07) is 12.1. The van der Waals surface area contributed by atoms with E-state index < -0.39 is 0 Å². The van der Waals surface area contributed by atoms with Gasteiger partial charge >= 0.3 is 0 Å². The molecule has 0 heterocycles. The minimum atomic E-state index is 0.209. The number of aryl methyl sites for hydroxylation is 1. The minimum absolute atomic E-state index is 0.209. The SMILES string of the molecule is CCOc1ccc(C(CN)Cc2cc(OC)ccc2OC)cc1C. The first kappa shape index (κ1) is 18.1. The van der Waals surface area contributed by atoms with E-state index in [4.69, 9.17) is 19.9 Å². The van der Waals surface area contributed by atoms with E-state index in [2.05, 4.69) is 19.1 Å². The van der Waals surface area contributed by atoms with Gasteiger partial charge in [0.1, 0.15) is 17.2 Å². The lowest BCUT2D eigenvalue weighted by atomic mass is 9.90. The van der Waals surface area contributed by atoms with Crippen LogP contribution in [0.4, 0.5) is 0 Å². The Balaban J connectivity index is 2.28. The molecule has 2 N–H and O–H groups in total. The summed E-state index contributed by atoms with van der Waals surface area (Å²) < 4.78 is 16.4. The monoisotopic (exact) mass is 329 g/mol. The second kappa shape index (κ2) is 8.60. The van der Waals surface area contributed by atoms with Gasteiger partial charge in [-0.15, -0.1) is 0 Å². The van der Waals surface area contributed by atoms with Crippen molar-refractivity contribution in [1.29, 1.82) is 0 Å². The number of hydrogen-bond donors (Lipinski definition) is 1. The molecule has 0 aliphatic carbocycles. The van der Waals surface area contributed by atoms with E-state index in [-0.39, 0.29) is 5.92 Å². The van der Waals surface area contributed by atoms with Crippen molar-refractivity contribution in [2.45, 2.75) is 26.2 Å². The van der Waals surface area contributed by atoms with Gasteiger partial charge in [-0.1, -0.05) is 12.1 Å². The number of hydrogen-bond acceptors (Lipinski definition) is 4. The van der Waals surface area contributed by atoms with Crippen LogP contribution >= 0.6 is 0 Å². The molecule has 0 fully saturated rings. The Labute approximate surface area is 144 Å². The molecule has 2 aromatic carbocycles. The van der Waals surface area contributed by atoms with Crippen LogP contribution in [0.2, 0.25) is 0 Å². The van der Waals surface area contributed by atoms with Gasteiger partial charge in [0.05, 0.1) is 20.8 Å². The third-order valence-electron chi connectivity index (χ3n) is 4.21. The Morgan fingerprint density at radius 1 is 1.00 bits per heavy atom. The Hall–Kier alpha value is -2.20. The van der Waals surface area contributed by atoms with Gasteiger partial charge in [-0.05, 0) is 67.8 Å². The summed E-state index contributed by atoms with van der Waals surface area (Å²) >= 11 is 0. The van der Waals surface area contributed by atoms with Crippen LogP contribution in [0.15, 0.2) is 36.4 Å². The highest BCUT2D eigenvalue weighted by Crippen LogP contribution is 2.31. The van der Waals surface area contributed by atoms with E-state index in [1.165, 1.54) is 5.56 Å². The quantitative estimate of drug-likeness (QED) is 0.802. The predicted octanol–water partition coefficient (Wildman–Crippen LogP) is 3.70. The van der Waals surface area contributed by atoms with Crippen molar-refractivity contribution in [1.82, 2.24) is 0 Å². The number of methoxy groups -OCH3 is 2. The van der Waals surface area contributed by atoms with Crippen molar-refractivity contribution in [3.8, 4) is 17.2 Å². The molecule has 4 nitrogen and oxygen atoms in total. The van der Waals surface area contributed by atoms with Crippen LogP contribution in [0.25, 0.3) is 0 Å². The number of ether oxygens (including phenoxy) is 3. The number of benzene rings is 2. The first-order chi connectivity index (χ1) is 11.6. The molecule has 2 aromatic rings. The fraction of sp³-hybridized carbons (Fsp3) is 0.400. The maximum absolute atomic E-state index is 6.06. The lowest BCUT2D eigenvalue weighted by Crippen LogP contribution is -2.16. The van der Waals surface area contributed by atoms with Gasteiger partial charge in [-0.3, -0.25) is 0 Å². The van der Waals surface area contributed by atoms with E-state index in [0.29, 0.717) is 13.2 Å². The third-order valence-corrected chi connectivity index (χ3v) is 4.21. The second-order valence-corrected chi connectivity index (χ2v) is 5.77. The van der Waals surface area contributed by atoms with Gasteiger partial charge in [0.2, 0.25) is 0 Å². The Kier molecular flexibility index (Phi) is 6.50. The molecule has 0 spiro atoms. The molecule has 130 valence electrons. The molecule has 0 aliphatic rings. The molecular weight excluding hydrogens is 302 g/mol. The summed E-state index contributed by atoms with van der Waals surface area (Å²) in [6.45, 7) is 5.29. The van der Waals surface area contributed by atoms with Crippen molar-refractivity contribution < 1.29 is 14.2 Å². The summed E-state index contributed by atoms with van der Waals surface area (Å²) in [6.07, 6.45) is 0.796. The average molecular weight is 329 g/mol. The highest BCUT2D eigenvalue weighted by molar-refractivity contribution is 5.43. The zero-order valence-corrected chi connectivity index (χ0v) is 15.0. The zero-order chi connectivity index (χ0) is 17.5. The molecule has 0 saturated heterocycles. The average Bonchev–Trinajstić information content (AvgIpc) is 2.61. The summed E-state index contributed by atoms with van der Waals surface area (Å²) in [5, 5.41) is 0. The van der Waals surface area contributed by atoms with Gasteiger partial charge in [0.25, 0.3) is 0 Å². The van der Waals surface area contributed by atoms with Crippen LogP contribution in [0.5, 0.6) is 17.2 Å². The summed E-state index contributed by atoms with van der Waals surface area (Å²) in [7, 11) is 3.35. The predicted molar refractivity (Wildman–Crippen MR) is 97.4 cm³/mol. The maximum atomic E-state index is 6.06. The molecular formula is C20H27NO3. The van der Waals surface area contributed by atoms with E-state index >= 15 is 0 Å². The lowest BCUT2D eigenvalue weighted by molar-refractivity contribution is 0.337. The Morgan fingerprint density at radius 3 is 2.33 bits per heavy atom. The second-order valence-electron chi connectivity index (χ2n) is 5.77. The topological polar surface area (TPSA) is 53.7 Å². The van der Waals surface area contributed by atoms with Crippen molar-refractivity contribution in [2.75, 3.05) is 27.4 Å². The molecule has 4 heteroatoms. The first-order valence-electron chi connectivity index (χ1n) is 8.27. The molecule has 1 atom stereocenters. The van der Waals surface area contributed by atoms with Crippen molar-refractivity contribution >= 4 is 0 Å². The van der Waals surface area contributed by atoms with Gasteiger partial charge in [-0.2, -0.15) is 0 Å². The molecule has 0 aliphatic heterocycles. The molecule has 0 radical (unpaired) electrons. The van der Waals surface area contributed by atoms with Crippen LogP contribution in [0.3, 0.4) is 0 Å². The van der Waals surface area contributed by atoms with E-state index in [1.54, 1.807) is 14.2 Å². The van der Waals surface area contributed by atoms with Crippen LogP contribution in [-0.2, 0) is 6.42 Å². The summed E-state index contributed by atoms with van der Waals surface area (Å²) in [5.74, 6) is 2.82. The van der Waals surface area contributed by atoms with Gasteiger partial charge < -0.3 is 19.9 Å². The Morgan fingerprint density at radius 2 is 1.75 bits per heavy atom. The number of rotatable bonds is 8. The van der Waals surface area contributed by atoms with Crippen molar-refractivity contribution in [2.24, 2.45) is 5.73 Å².